The molecule has 6 unspecified atom stereocenters. The monoisotopic (exact) mass is 306 g/mol. The van der Waals surface area contributed by atoms with Crippen molar-refractivity contribution in [1.29, 1.82) is 0 Å². The summed E-state index contributed by atoms with van der Waals surface area (Å²) in [6.07, 6.45) is 5.77. The van der Waals surface area contributed by atoms with Crippen molar-refractivity contribution in [3.05, 3.63) is 0 Å². The van der Waals surface area contributed by atoms with E-state index in [0.717, 1.165) is 32.1 Å². The fourth-order valence-electron chi connectivity index (χ4n) is 4.50. The number of rotatable bonds is 2. The van der Waals surface area contributed by atoms with Gasteiger partial charge in [-0.1, -0.05) is 12.3 Å². The third-order valence-corrected chi connectivity index (χ3v) is 5.91. The van der Waals surface area contributed by atoms with Crippen LogP contribution in [-0.2, 0) is 9.53 Å². The van der Waals surface area contributed by atoms with Gasteiger partial charge in [0.15, 0.2) is 5.78 Å². The molecule has 4 nitrogen and oxygen atoms in total. The summed E-state index contributed by atoms with van der Waals surface area (Å²) in [6, 6.07) is 0. The first-order valence-corrected chi connectivity index (χ1v) is 8.50. The zero-order valence-electron chi connectivity index (χ0n) is 13.3. The minimum atomic E-state index is -0.681. The maximum Gasteiger partial charge on any atom is 0.165 e. The van der Waals surface area contributed by atoms with E-state index in [1.165, 1.54) is 0 Å². The van der Waals surface area contributed by atoms with Gasteiger partial charge in [0.1, 0.15) is 5.60 Å². The van der Waals surface area contributed by atoms with Crippen molar-refractivity contribution in [2.75, 3.05) is 7.11 Å². The second-order valence-corrected chi connectivity index (χ2v) is 7.17. The highest BCUT2D eigenvalue weighted by atomic mass is 16.5. The molecule has 0 aromatic carbocycles. The molecule has 0 spiro atoms. The number of ketones is 1. The lowest BCUT2D eigenvalue weighted by Crippen LogP contribution is -2.64. The Morgan fingerprint density at radius 3 is 2.82 bits per heavy atom. The Morgan fingerprint density at radius 2 is 2.14 bits per heavy atom. The summed E-state index contributed by atoms with van der Waals surface area (Å²) in [4.78, 5) is 11.9. The molecule has 6 atom stereocenters. The van der Waals surface area contributed by atoms with Crippen LogP contribution in [0.1, 0.15) is 51.4 Å². The summed E-state index contributed by atoms with van der Waals surface area (Å²) in [5.41, 5.74) is -0.681. The molecule has 3 aliphatic carbocycles. The fourth-order valence-corrected chi connectivity index (χ4v) is 4.50. The number of Topliss-reactive ketones (excluding diaryl/α,β-unsaturated/α-hetero) is 1. The van der Waals surface area contributed by atoms with Crippen LogP contribution in [0.15, 0.2) is 0 Å². The zero-order valence-corrected chi connectivity index (χ0v) is 13.3. The van der Waals surface area contributed by atoms with Crippen molar-refractivity contribution < 1.29 is 19.7 Å². The van der Waals surface area contributed by atoms with Crippen LogP contribution >= 0.6 is 0 Å². The van der Waals surface area contributed by atoms with E-state index in [9.17, 15) is 15.0 Å². The molecule has 122 valence electrons. The number of carbonyl (C=O) groups is 1. The summed E-state index contributed by atoms with van der Waals surface area (Å²) in [5.74, 6) is 6.97. The molecule has 3 saturated carbocycles. The minimum absolute atomic E-state index is 0.0400. The molecule has 3 rings (SSSR count). The zero-order chi connectivity index (χ0) is 15.7. The van der Waals surface area contributed by atoms with E-state index in [1.54, 1.807) is 7.11 Å². The van der Waals surface area contributed by atoms with Gasteiger partial charge < -0.3 is 14.9 Å². The van der Waals surface area contributed by atoms with Gasteiger partial charge in [0.2, 0.25) is 0 Å². The molecular weight excluding hydrogens is 280 g/mol. The van der Waals surface area contributed by atoms with E-state index in [1.807, 2.05) is 0 Å². The number of ether oxygens (including phenoxy) is 1. The van der Waals surface area contributed by atoms with E-state index >= 15 is 0 Å². The molecule has 3 aliphatic rings. The molecule has 0 heterocycles. The van der Waals surface area contributed by atoms with Crippen molar-refractivity contribution in [3.63, 3.8) is 0 Å². The van der Waals surface area contributed by atoms with Crippen molar-refractivity contribution in [3.8, 4) is 11.8 Å². The van der Waals surface area contributed by atoms with E-state index in [0.29, 0.717) is 25.2 Å². The van der Waals surface area contributed by atoms with Crippen LogP contribution in [0, 0.1) is 29.6 Å². The van der Waals surface area contributed by atoms with Gasteiger partial charge in [0.05, 0.1) is 18.1 Å². The molecule has 2 N–H and O–H groups in total. The smallest absolute Gasteiger partial charge is 0.165 e. The van der Waals surface area contributed by atoms with Crippen molar-refractivity contribution >= 4 is 5.78 Å². The number of carbonyl (C=O) groups excluding carboxylic acids is 1. The second-order valence-electron chi connectivity index (χ2n) is 7.17. The lowest BCUT2D eigenvalue weighted by Gasteiger charge is -2.53. The summed E-state index contributed by atoms with van der Waals surface area (Å²) < 4.78 is 5.52. The number of aliphatic hydroxyl groups excluding tert-OH is 2. The lowest BCUT2D eigenvalue weighted by atomic mass is 9.55. The first kappa shape index (κ1) is 16.0. The molecule has 22 heavy (non-hydrogen) atoms. The van der Waals surface area contributed by atoms with Gasteiger partial charge in [-0.25, -0.2) is 0 Å². The summed E-state index contributed by atoms with van der Waals surface area (Å²) >= 11 is 0. The Morgan fingerprint density at radius 1 is 1.32 bits per heavy atom. The molecule has 0 radical (unpaired) electrons. The first-order valence-electron chi connectivity index (χ1n) is 8.50. The average Bonchev–Trinajstić information content (AvgIpc) is 2.50. The first-order chi connectivity index (χ1) is 10.6. The molecule has 0 amide bonds. The molecular formula is C18H26O4. The number of fused-ring (bicyclic) bond motifs is 1. The van der Waals surface area contributed by atoms with Crippen LogP contribution < -0.4 is 0 Å². The number of methoxy groups -OCH3 is 1. The van der Waals surface area contributed by atoms with Crippen LogP contribution in [0.3, 0.4) is 0 Å². The topological polar surface area (TPSA) is 66.8 Å². The highest BCUT2D eigenvalue weighted by Gasteiger charge is 2.61. The van der Waals surface area contributed by atoms with Gasteiger partial charge >= 0.3 is 0 Å². The summed E-state index contributed by atoms with van der Waals surface area (Å²) in [5, 5.41) is 20.0. The second kappa shape index (κ2) is 6.31. The Labute approximate surface area is 132 Å². The van der Waals surface area contributed by atoms with Crippen molar-refractivity contribution in [2.24, 2.45) is 17.8 Å². The molecule has 0 aromatic heterocycles. The van der Waals surface area contributed by atoms with Crippen LogP contribution in [-0.4, -0.2) is 40.9 Å². The van der Waals surface area contributed by atoms with Crippen molar-refractivity contribution in [2.45, 2.75) is 69.2 Å². The maximum atomic E-state index is 11.9. The minimum Gasteiger partial charge on any atom is -0.393 e. The van der Waals surface area contributed by atoms with Crippen LogP contribution in [0.4, 0.5) is 0 Å². The molecule has 0 saturated heterocycles. The maximum absolute atomic E-state index is 11.9. The van der Waals surface area contributed by atoms with Crippen LogP contribution in [0.2, 0.25) is 0 Å². The molecule has 3 fully saturated rings. The Bertz CT molecular complexity index is 491. The van der Waals surface area contributed by atoms with Crippen LogP contribution in [0.25, 0.3) is 0 Å². The molecule has 0 bridgehead atoms. The SMILES string of the molecule is COC12CCC(O)C(C#CCC3CCCC(O)C3)C1CC2=O. The van der Waals surface area contributed by atoms with Gasteiger partial charge in [0, 0.05) is 25.9 Å². The highest BCUT2D eigenvalue weighted by molar-refractivity contribution is 5.94. The molecule has 4 heteroatoms. The molecule has 0 aliphatic heterocycles. The fraction of sp³-hybridized carbons (Fsp3) is 0.833. The largest absolute Gasteiger partial charge is 0.393 e. The summed E-state index contributed by atoms with van der Waals surface area (Å²) in [7, 11) is 1.59. The number of hydrogen-bond donors (Lipinski definition) is 2. The van der Waals surface area contributed by atoms with Gasteiger partial charge in [-0.15, -0.1) is 5.92 Å². The number of aliphatic hydroxyl groups is 2. The van der Waals surface area contributed by atoms with Crippen molar-refractivity contribution in [1.82, 2.24) is 0 Å². The quantitative estimate of drug-likeness (QED) is 0.762. The molecule has 0 aromatic rings. The highest BCUT2D eigenvalue weighted by Crippen LogP contribution is 2.50. The van der Waals surface area contributed by atoms with Crippen LogP contribution in [0.5, 0.6) is 0 Å². The third-order valence-electron chi connectivity index (χ3n) is 5.91. The van der Waals surface area contributed by atoms with E-state index in [2.05, 4.69) is 11.8 Å². The Balaban J connectivity index is 1.64. The van der Waals surface area contributed by atoms with E-state index in [4.69, 9.17) is 4.74 Å². The van der Waals surface area contributed by atoms with E-state index < -0.39 is 11.7 Å². The lowest BCUT2D eigenvalue weighted by molar-refractivity contribution is -0.190. The standard InChI is InChI=1S/C18H26O4/c1-22-18-9-8-16(20)14(15(18)11-17(18)21)7-3-5-12-4-2-6-13(19)10-12/h12-16,19-20H,2,4-6,8-11H2,1H3. The predicted molar refractivity (Wildman–Crippen MR) is 81.9 cm³/mol. The average molecular weight is 306 g/mol. The van der Waals surface area contributed by atoms with E-state index in [-0.39, 0.29) is 23.7 Å². The van der Waals surface area contributed by atoms with Gasteiger partial charge in [-0.2, -0.15) is 0 Å². The van der Waals surface area contributed by atoms with Gasteiger partial charge in [-0.3, -0.25) is 4.79 Å². The van der Waals surface area contributed by atoms with Gasteiger partial charge in [-0.05, 0) is 38.0 Å². The Kier molecular flexibility index (Phi) is 4.59. The predicted octanol–water partition coefficient (Wildman–Crippen LogP) is 1.68. The number of hydrogen-bond acceptors (Lipinski definition) is 4. The Hall–Kier alpha value is -0.890. The third kappa shape index (κ3) is 2.71. The normalized spacial score (nSPS) is 44.5. The van der Waals surface area contributed by atoms with Gasteiger partial charge in [0.25, 0.3) is 0 Å². The summed E-state index contributed by atoms with van der Waals surface area (Å²) in [6.45, 7) is 0.